The predicted molar refractivity (Wildman–Crippen MR) is 91.3 cm³/mol. The van der Waals surface area contributed by atoms with Gasteiger partial charge in [0.25, 0.3) is 5.91 Å². The number of nitrogens with zero attached hydrogens (tertiary/aromatic N) is 2. The summed E-state index contributed by atoms with van der Waals surface area (Å²) in [6.45, 7) is 4.43. The van der Waals surface area contributed by atoms with E-state index in [4.69, 9.17) is 4.52 Å². The van der Waals surface area contributed by atoms with Crippen LogP contribution in [0.5, 0.6) is 0 Å². The van der Waals surface area contributed by atoms with E-state index in [2.05, 4.69) is 5.16 Å². The van der Waals surface area contributed by atoms with Crippen LogP contribution in [0.1, 0.15) is 29.9 Å². The molecule has 0 aliphatic rings. The highest BCUT2D eigenvalue weighted by Gasteiger charge is 2.20. The molecule has 0 unspecified atom stereocenters. The zero-order valence-electron chi connectivity index (χ0n) is 13.1. The number of hydrogen-bond donors (Lipinski definition) is 0. The average molecular weight is 326 g/mol. The number of thiophene rings is 1. The number of carbonyl (C=O) groups is 1. The Morgan fingerprint density at radius 2 is 2.00 bits per heavy atom. The van der Waals surface area contributed by atoms with Gasteiger partial charge in [-0.1, -0.05) is 29.4 Å². The van der Waals surface area contributed by atoms with Crippen LogP contribution >= 0.6 is 11.3 Å². The first-order valence-electron chi connectivity index (χ1n) is 7.50. The van der Waals surface area contributed by atoms with E-state index in [0.29, 0.717) is 12.1 Å². The molecule has 0 aliphatic carbocycles. The van der Waals surface area contributed by atoms with E-state index in [-0.39, 0.29) is 11.9 Å². The van der Waals surface area contributed by atoms with E-state index in [0.717, 1.165) is 16.3 Å². The molecule has 118 valence electrons. The lowest BCUT2D eigenvalue weighted by molar-refractivity contribution is 0.0686. The van der Waals surface area contributed by atoms with Gasteiger partial charge < -0.3 is 9.42 Å². The molecule has 5 heteroatoms. The fourth-order valence-electron chi connectivity index (χ4n) is 2.33. The van der Waals surface area contributed by atoms with Gasteiger partial charge >= 0.3 is 0 Å². The fourth-order valence-corrected chi connectivity index (χ4v) is 3.00. The summed E-state index contributed by atoms with van der Waals surface area (Å²) in [6, 6.07) is 15.2. The first kappa shape index (κ1) is 15.5. The van der Waals surface area contributed by atoms with Crippen molar-refractivity contribution in [2.75, 3.05) is 0 Å². The molecule has 0 spiro atoms. The number of carbonyl (C=O) groups excluding carboxylic acids is 1. The van der Waals surface area contributed by atoms with Crippen molar-refractivity contribution in [1.29, 1.82) is 0 Å². The molecule has 3 rings (SSSR count). The molecule has 0 saturated carbocycles. The standard InChI is InChI=1S/C18H18N2O2S/c1-13(2)20(18(21)14-7-4-3-5-8-14)12-15-11-16(22-19-15)17-9-6-10-23-17/h3-11,13H,12H2,1-2H3. The summed E-state index contributed by atoms with van der Waals surface area (Å²) in [6.07, 6.45) is 0. The van der Waals surface area contributed by atoms with E-state index in [9.17, 15) is 4.79 Å². The quantitative estimate of drug-likeness (QED) is 0.695. The normalized spacial score (nSPS) is 10.9. The summed E-state index contributed by atoms with van der Waals surface area (Å²) in [5.74, 6) is 0.743. The van der Waals surface area contributed by atoms with Crippen LogP contribution in [0, 0.1) is 0 Å². The van der Waals surface area contributed by atoms with Crippen molar-refractivity contribution in [2.45, 2.75) is 26.4 Å². The third kappa shape index (κ3) is 3.51. The molecule has 0 saturated heterocycles. The highest BCUT2D eigenvalue weighted by atomic mass is 32.1. The van der Waals surface area contributed by atoms with Gasteiger partial charge in [-0.3, -0.25) is 4.79 Å². The minimum absolute atomic E-state index is 0.00118. The molecule has 3 aromatic rings. The first-order valence-corrected chi connectivity index (χ1v) is 8.38. The molecular weight excluding hydrogens is 308 g/mol. The molecule has 2 aromatic heterocycles. The summed E-state index contributed by atoms with van der Waals surface area (Å²) >= 11 is 1.60. The summed E-state index contributed by atoms with van der Waals surface area (Å²) < 4.78 is 5.40. The molecular formula is C18H18N2O2S. The van der Waals surface area contributed by atoms with Gasteiger partial charge in [0, 0.05) is 17.7 Å². The maximum atomic E-state index is 12.7. The number of hydrogen-bond acceptors (Lipinski definition) is 4. The van der Waals surface area contributed by atoms with Gasteiger partial charge in [0.2, 0.25) is 0 Å². The highest BCUT2D eigenvalue weighted by Crippen LogP contribution is 2.26. The molecule has 0 aliphatic heterocycles. The summed E-state index contributed by atoms with van der Waals surface area (Å²) in [4.78, 5) is 15.5. The van der Waals surface area contributed by atoms with Gasteiger partial charge in [0.05, 0.1) is 11.4 Å². The molecule has 0 fully saturated rings. The van der Waals surface area contributed by atoms with Crippen LogP contribution in [0.15, 0.2) is 58.4 Å². The first-order chi connectivity index (χ1) is 11.1. The molecule has 4 nitrogen and oxygen atoms in total. The van der Waals surface area contributed by atoms with Crippen molar-refractivity contribution in [1.82, 2.24) is 10.1 Å². The second-order valence-corrected chi connectivity index (χ2v) is 6.50. The van der Waals surface area contributed by atoms with Crippen molar-refractivity contribution in [3.63, 3.8) is 0 Å². The van der Waals surface area contributed by atoms with Crippen LogP contribution < -0.4 is 0 Å². The highest BCUT2D eigenvalue weighted by molar-refractivity contribution is 7.13. The number of aromatic nitrogens is 1. The van der Waals surface area contributed by atoms with Crippen LogP contribution in [-0.4, -0.2) is 22.0 Å². The van der Waals surface area contributed by atoms with Crippen molar-refractivity contribution in [2.24, 2.45) is 0 Å². The molecule has 0 radical (unpaired) electrons. The summed E-state index contributed by atoms with van der Waals surface area (Å²) in [5, 5.41) is 6.11. The van der Waals surface area contributed by atoms with E-state index >= 15 is 0 Å². The predicted octanol–water partition coefficient (Wildman–Crippen LogP) is 4.45. The molecule has 23 heavy (non-hydrogen) atoms. The summed E-state index contributed by atoms with van der Waals surface area (Å²) in [5.41, 5.74) is 1.44. The largest absolute Gasteiger partial charge is 0.355 e. The van der Waals surface area contributed by atoms with Gasteiger partial charge in [0.15, 0.2) is 5.76 Å². The smallest absolute Gasteiger partial charge is 0.254 e. The monoisotopic (exact) mass is 326 g/mol. The third-order valence-corrected chi connectivity index (χ3v) is 4.44. The van der Waals surface area contributed by atoms with Gasteiger partial charge in [-0.05, 0) is 37.4 Å². The van der Waals surface area contributed by atoms with Crippen LogP contribution in [-0.2, 0) is 6.54 Å². The Morgan fingerprint density at radius 1 is 1.22 bits per heavy atom. The Bertz CT molecular complexity index is 763. The second-order valence-electron chi connectivity index (χ2n) is 5.55. The van der Waals surface area contributed by atoms with E-state index < -0.39 is 0 Å². The van der Waals surface area contributed by atoms with Crippen LogP contribution in [0.4, 0.5) is 0 Å². The van der Waals surface area contributed by atoms with E-state index in [1.165, 1.54) is 0 Å². The lowest BCUT2D eigenvalue weighted by atomic mass is 10.1. The van der Waals surface area contributed by atoms with Crippen molar-refractivity contribution in [3.8, 4) is 10.6 Å². The Labute approximate surface area is 139 Å². The van der Waals surface area contributed by atoms with Crippen molar-refractivity contribution >= 4 is 17.2 Å². The zero-order chi connectivity index (χ0) is 16.2. The summed E-state index contributed by atoms with van der Waals surface area (Å²) in [7, 11) is 0. The Hall–Kier alpha value is -2.40. The van der Waals surface area contributed by atoms with E-state index in [1.807, 2.05) is 67.8 Å². The minimum Gasteiger partial charge on any atom is -0.355 e. The maximum absolute atomic E-state index is 12.7. The lowest BCUT2D eigenvalue weighted by Crippen LogP contribution is -2.36. The van der Waals surface area contributed by atoms with Gasteiger partial charge in [0.1, 0.15) is 5.69 Å². The Morgan fingerprint density at radius 3 is 2.65 bits per heavy atom. The molecule has 1 amide bonds. The van der Waals surface area contributed by atoms with Crippen LogP contribution in [0.3, 0.4) is 0 Å². The second kappa shape index (κ2) is 6.79. The lowest BCUT2D eigenvalue weighted by Gasteiger charge is -2.25. The minimum atomic E-state index is 0.00118. The topological polar surface area (TPSA) is 46.3 Å². The molecule has 1 aromatic carbocycles. The Kier molecular flexibility index (Phi) is 4.57. The molecule has 2 heterocycles. The number of rotatable bonds is 5. The van der Waals surface area contributed by atoms with Gasteiger partial charge in [-0.15, -0.1) is 11.3 Å². The fraction of sp³-hybridized carbons (Fsp3) is 0.222. The van der Waals surface area contributed by atoms with Gasteiger partial charge in [-0.2, -0.15) is 0 Å². The van der Waals surface area contributed by atoms with Crippen molar-refractivity contribution in [3.05, 3.63) is 65.2 Å². The molecule has 0 N–H and O–H groups in total. The SMILES string of the molecule is CC(C)N(Cc1cc(-c2cccs2)on1)C(=O)c1ccccc1. The maximum Gasteiger partial charge on any atom is 0.254 e. The zero-order valence-corrected chi connectivity index (χ0v) is 13.9. The third-order valence-electron chi connectivity index (χ3n) is 3.56. The average Bonchev–Trinajstić information content (AvgIpc) is 3.23. The molecule has 0 bridgehead atoms. The van der Waals surface area contributed by atoms with Crippen LogP contribution in [0.25, 0.3) is 10.6 Å². The van der Waals surface area contributed by atoms with E-state index in [1.54, 1.807) is 16.2 Å². The van der Waals surface area contributed by atoms with Gasteiger partial charge in [-0.25, -0.2) is 0 Å². The van der Waals surface area contributed by atoms with Crippen molar-refractivity contribution < 1.29 is 9.32 Å². The number of amides is 1. The molecule has 0 atom stereocenters. The van der Waals surface area contributed by atoms with Crippen LogP contribution in [0.2, 0.25) is 0 Å². The Balaban J connectivity index is 1.79. The number of benzene rings is 1.